The van der Waals surface area contributed by atoms with Gasteiger partial charge in [0.15, 0.2) is 6.10 Å². The Labute approximate surface area is 484 Å². The van der Waals surface area contributed by atoms with E-state index in [2.05, 4.69) is 106 Å². The number of hydrogen-bond acceptors (Lipinski definition) is 6. The van der Waals surface area contributed by atoms with Crippen molar-refractivity contribution in [3.8, 4) is 0 Å². The molecule has 0 radical (unpaired) electrons. The number of hydrogen-bond donors (Lipinski definition) is 0. The Morgan fingerprint density at radius 2 is 0.500 bits per heavy atom. The Morgan fingerprint density at radius 1 is 0.269 bits per heavy atom. The second-order valence-electron chi connectivity index (χ2n) is 22.4. The monoisotopic (exact) mass is 1090 g/mol. The van der Waals surface area contributed by atoms with Crippen LogP contribution in [0.3, 0.4) is 0 Å². The van der Waals surface area contributed by atoms with E-state index in [0.29, 0.717) is 19.3 Å². The van der Waals surface area contributed by atoms with Crippen LogP contribution in [0.15, 0.2) is 85.1 Å². The maximum Gasteiger partial charge on any atom is 0.306 e. The third kappa shape index (κ3) is 63.4. The van der Waals surface area contributed by atoms with Crippen molar-refractivity contribution in [3.63, 3.8) is 0 Å². The predicted octanol–water partition coefficient (Wildman–Crippen LogP) is 23.1. The smallest absolute Gasteiger partial charge is 0.306 e. The average Bonchev–Trinajstić information content (AvgIpc) is 3.44. The van der Waals surface area contributed by atoms with Crippen LogP contribution in [0.2, 0.25) is 0 Å². The summed E-state index contributed by atoms with van der Waals surface area (Å²) in [6, 6.07) is 0. The van der Waals surface area contributed by atoms with Gasteiger partial charge in [-0.3, -0.25) is 14.4 Å². The van der Waals surface area contributed by atoms with E-state index in [1.807, 2.05) is 0 Å². The molecular weight excluding hydrogens is 961 g/mol. The summed E-state index contributed by atoms with van der Waals surface area (Å²) < 4.78 is 16.9. The lowest BCUT2D eigenvalue weighted by molar-refractivity contribution is -0.167. The lowest BCUT2D eigenvalue weighted by Gasteiger charge is -2.18. The normalized spacial score (nSPS) is 12.6. The van der Waals surface area contributed by atoms with Gasteiger partial charge < -0.3 is 14.2 Å². The molecular formula is C72H126O6. The molecule has 0 fully saturated rings. The van der Waals surface area contributed by atoms with Crippen molar-refractivity contribution in [2.24, 2.45) is 0 Å². The molecule has 0 saturated heterocycles. The summed E-state index contributed by atoms with van der Waals surface area (Å²) in [5.74, 6) is -0.879. The standard InChI is InChI=1S/C72H126O6/c1-4-7-10-13-16-18-20-22-24-26-28-30-32-34-35-36-37-38-40-41-43-45-47-49-51-53-56-59-62-65-71(74)77-68-69(67-76-70(73)64-61-58-55-15-12-9-6-3)78-72(75)66-63-60-57-54-52-50-48-46-44-42-39-33-31-29-27-25-23-21-19-17-14-11-8-5-2/h7,10,16,18,22,24,28,30,34-35,37-38,41,43,69H,4-6,8-9,11-15,17,19-21,23,25-27,29,31-33,36,39-40,42,44-68H2,1-3H3/b10-7-,18-16-,24-22-,30-28-,35-34-,38-37-,43-41-. The van der Waals surface area contributed by atoms with Crippen molar-refractivity contribution in [1.29, 1.82) is 0 Å². The highest BCUT2D eigenvalue weighted by Crippen LogP contribution is 2.17. The molecule has 0 aromatic heterocycles. The summed E-state index contributed by atoms with van der Waals surface area (Å²) >= 11 is 0. The lowest BCUT2D eigenvalue weighted by Crippen LogP contribution is -2.30. The molecule has 0 amide bonds. The lowest BCUT2D eigenvalue weighted by atomic mass is 10.0. The molecule has 0 aliphatic carbocycles. The zero-order chi connectivity index (χ0) is 56.4. The number of allylic oxidation sites excluding steroid dienone is 14. The molecule has 0 aromatic carbocycles. The van der Waals surface area contributed by atoms with Gasteiger partial charge in [0.25, 0.3) is 0 Å². The number of carbonyl (C=O) groups is 3. The maximum absolute atomic E-state index is 12.9. The second-order valence-corrected chi connectivity index (χ2v) is 22.4. The van der Waals surface area contributed by atoms with Gasteiger partial charge in [0.05, 0.1) is 0 Å². The van der Waals surface area contributed by atoms with Gasteiger partial charge in [0.1, 0.15) is 13.2 Å². The first-order valence-electron chi connectivity index (χ1n) is 33.6. The molecule has 450 valence electrons. The molecule has 0 N–H and O–H groups in total. The van der Waals surface area contributed by atoms with E-state index in [0.717, 1.165) is 109 Å². The number of esters is 3. The average molecular weight is 1090 g/mol. The third-order valence-corrected chi connectivity index (χ3v) is 14.7. The van der Waals surface area contributed by atoms with Crippen molar-refractivity contribution in [3.05, 3.63) is 85.1 Å². The van der Waals surface area contributed by atoms with E-state index in [1.165, 1.54) is 186 Å². The predicted molar refractivity (Wildman–Crippen MR) is 339 cm³/mol. The summed E-state index contributed by atoms with van der Waals surface area (Å²) in [7, 11) is 0. The highest BCUT2D eigenvalue weighted by molar-refractivity contribution is 5.71. The van der Waals surface area contributed by atoms with Gasteiger partial charge >= 0.3 is 17.9 Å². The molecule has 0 saturated carbocycles. The van der Waals surface area contributed by atoms with Crippen molar-refractivity contribution in [2.45, 2.75) is 341 Å². The number of unbranched alkanes of at least 4 members (excludes halogenated alkanes) is 36. The minimum absolute atomic E-state index is 0.0763. The fraction of sp³-hybridized carbons (Fsp3) is 0.764. The van der Waals surface area contributed by atoms with Crippen LogP contribution in [0.1, 0.15) is 335 Å². The number of rotatable bonds is 61. The van der Waals surface area contributed by atoms with Crippen LogP contribution in [-0.4, -0.2) is 37.2 Å². The zero-order valence-corrected chi connectivity index (χ0v) is 51.7. The van der Waals surface area contributed by atoms with Crippen LogP contribution < -0.4 is 0 Å². The molecule has 0 aromatic rings. The van der Waals surface area contributed by atoms with Gasteiger partial charge in [-0.05, 0) is 77.0 Å². The van der Waals surface area contributed by atoms with E-state index in [4.69, 9.17) is 14.2 Å². The Morgan fingerprint density at radius 3 is 0.782 bits per heavy atom. The first-order valence-corrected chi connectivity index (χ1v) is 33.6. The second kappa shape index (κ2) is 66.1. The molecule has 0 spiro atoms. The minimum Gasteiger partial charge on any atom is -0.462 e. The highest BCUT2D eigenvalue weighted by Gasteiger charge is 2.19. The molecule has 0 rings (SSSR count). The summed E-state index contributed by atoms with van der Waals surface area (Å²) in [5.41, 5.74) is 0. The number of carbonyl (C=O) groups excluding carboxylic acids is 3. The minimum atomic E-state index is -0.777. The molecule has 78 heavy (non-hydrogen) atoms. The Bertz CT molecular complexity index is 1480. The first kappa shape index (κ1) is 74.6. The van der Waals surface area contributed by atoms with Crippen LogP contribution in [0.4, 0.5) is 0 Å². The van der Waals surface area contributed by atoms with Crippen molar-refractivity contribution < 1.29 is 28.6 Å². The first-order chi connectivity index (χ1) is 38.5. The van der Waals surface area contributed by atoms with Gasteiger partial charge in [-0.2, -0.15) is 0 Å². The molecule has 6 heteroatoms. The maximum atomic E-state index is 12.9. The van der Waals surface area contributed by atoms with E-state index < -0.39 is 6.10 Å². The number of ether oxygens (including phenoxy) is 3. The largest absolute Gasteiger partial charge is 0.462 e. The van der Waals surface area contributed by atoms with Crippen LogP contribution in [0, 0.1) is 0 Å². The van der Waals surface area contributed by atoms with E-state index in [1.54, 1.807) is 0 Å². The van der Waals surface area contributed by atoms with Crippen molar-refractivity contribution in [2.75, 3.05) is 13.2 Å². The fourth-order valence-electron chi connectivity index (χ4n) is 9.66. The summed E-state index contributed by atoms with van der Waals surface area (Å²) in [6.45, 7) is 6.52. The van der Waals surface area contributed by atoms with Gasteiger partial charge in [-0.25, -0.2) is 0 Å². The summed E-state index contributed by atoms with van der Waals surface area (Å²) in [4.78, 5) is 38.1. The molecule has 0 heterocycles. The van der Waals surface area contributed by atoms with Crippen LogP contribution in [-0.2, 0) is 28.6 Å². The molecule has 0 aliphatic heterocycles. The molecule has 6 nitrogen and oxygen atoms in total. The fourth-order valence-corrected chi connectivity index (χ4v) is 9.66. The van der Waals surface area contributed by atoms with Crippen LogP contribution in [0.5, 0.6) is 0 Å². The van der Waals surface area contributed by atoms with Gasteiger partial charge in [0.2, 0.25) is 0 Å². The molecule has 1 unspecified atom stereocenters. The van der Waals surface area contributed by atoms with Crippen LogP contribution >= 0.6 is 0 Å². The zero-order valence-electron chi connectivity index (χ0n) is 51.7. The highest BCUT2D eigenvalue weighted by atomic mass is 16.6. The molecule has 1 atom stereocenters. The van der Waals surface area contributed by atoms with E-state index in [9.17, 15) is 14.4 Å². The summed E-state index contributed by atoms with van der Waals surface area (Å²) in [6.07, 6.45) is 87.7. The Balaban J connectivity index is 4.13. The van der Waals surface area contributed by atoms with Gasteiger partial charge in [0, 0.05) is 19.3 Å². The topological polar surface area (TPSA) is 78.9 Å². The molecule has 0 aliphatic rings. The summed E-state index contributed by atoms with van der Waals surface area (Å²) in [5, 5.41) is 0. The van der Waals surface area contributed by atoms with Crippen molar-refractivity contribution >= 4 is 17.9 Å². The van der Waals surface area contributed by atoms with Gasteiger partial charge in [-0.15, -0.1) is 0 Å². The van der Waals surface area contributed by atoms with E-state index in [-0.39, 0.29) is 31.1 Å². The SMILES string of the molecule is CC/C=C\C/C=C\C/C=C\C/C=C\C/C=C\C/C=C\C/C=C\CCCCCCCCCC(=O)OCC(COC(=O)CCCCCCCCC)OC(=O)CCCCCCCCCCCCCCCCCCCCCCCCCC. The Kier molecular flexibility index (Phi) is 63.2. The third-order valence-electron chi connectivity index (χ3n) is 14.7. The van der Waals surface area contributed by atoms with Crippen molar-refractivity contribution in [1.82, 2.24) is 0 Å². The Hall–Kier alpha value is -3.41. The van der Waals surface area contributed by atoms with Gasteiger partial charge in [-0.1, -0.05) is 324 Å². The molecule has 0 bridgehead atoms. The van der Waals surface area contributed by atoms with Crippen LogP contribution in [0.25, 0.3) is 0 Å². The quantitative estimate of drug-likeness (QED) is 0.0261. The van der Waals surface area contributed by atoms with E-state index >= 15 is 0 Å².